The van der Waals surface area contributed by atoms with Gasteiger partial charge in [0.15, 0.2) is 0 Å². The first-order valence-corrected chi connectivity index (χ1v) is 9.28. The average molecular weight is 376 g/mol. The fourth-order valence-corrected chi connectivity index (χ4v) is 3.16. The number of amides is 2. The molecule has 0 aliphatic heterocycles. The molecule has 116 valence electrons. The van der Waals surface area contributed by atoms with Crippen molar-refractivity contribution in [3.8, 4) is 0 Å². The number of hydrogen-bond donors (Lipinski definition) is 2. The van der Waals surface area contributed by atoms with Crippen molar-refractivity contribution in [2.75, 3.05) is 23.7 Å². The van der Waals surface area contributed by atoms with E-state index in [4.69, 9.17) is 0 Å². The summed E-state index contributed by atoms with van der Waals surface area (Å²) >= 11 is 3.32. The van der Waals surface area contributed by atoms with Crippen LogP contribution in [0.1, 0.15) is 12.8 Å². The molecule has 21 heavy (non-hydrogen) atoms. The Bertz CT molecular complexity index is 617. The largest absolute Gasteiger partial charge is 0.336 e. The van der Waals surface area contributed by atoms with Crippen molar-refractivity contribution in [1.82, 2.24) is 10.6 Å². The number of anilines is 1. The predicted octanol–water partition coefficient (Wildman–Crippen LogP) is 1.68. The van der Waals surface area contributed by atoms with E-state index in [2.05, 4.69) is 26.6 Å². The van der Waals surface area contributed by atoms with Gasteiger partial charge in [0.05, 0.1) is 18.5 Å². The van der Waals surface area contributed by atoms with E-state index in [9.17, 15) is 13.2 Å². The molecule has 0 saturated heterocycles. The summed E-state index contributed by atoms with van der Waals surface area (Å²) < 4.78 is 25.9. The van der Waals surface area contributed by atoms with Crippen molar-refractivity contribution in [3.63, 3.8) is 0 Å². The fourth-order valence-electron chi connectivity index (χ4n) is 1.85. The molecule has 1 aliphatic rings. The van der Waals surface area contributed by atoms with Gasteiger partial charge in [-0.1, -0.05) is 22.0 Å². The van der Waals surface area contributed by atoms with E-state index < -0.39 is 10.0 Å². The number of carbonyl (C=O) groups excluding carboxylic acids is 1. The van der Waals surface area contributed by atoms with Crippen LogP contribution in [0.4, 0.5) is 10.5 Å². The second-order valence-electron chi connectivity index (χ2n) is 4.99. The van der Waals surface area contributed by atoms with Crippen LogP contribution in [0.25, 0.3) is 0 Å². The third-order valence-corrected chi connectivity index (χ3v) is 4.70. The van der Waals surface area contributed by atoms with Crippen LogP contribution < -0.4 is 14.9 Å². The number of nitrogens with one attached hydrogen (secondary N) is 2. The highest BCUT2D eigenvalue weighted by molar-refractivity contribution is 9.10. The van der Waals surface area contributed by atoms with E-state index in [1.807, 2.05) is 6.07 Å². The molecular weight excluding hydrogens is 358 g/mol. The molecule has 1 aromatic carbocycles. The first-order chi connectivity index (χ1) is 9.86. The molecule has 1 aliphatic carbocycles. The van der Waals surface area contributed by atoms with Gasteiger partial charge in [0.1, 0.15) is 0 Å². The Labute approximate surface area is 133 Å². The maximum absolute atomic E-state index is 11.9. The minimum Gasteiger partial charge on any atom is -0.336 e. The van der Waals surface area contributed by atoms with Gasteiger partial charge in [-0.15, -0.1) is 0 Å². The van der Waals surface area contributed by atoms with Crippen LogP contribution in [-0.4, -0.2) is 39.8 Å². The van der Waals surface area contributed by atoms with Gasteiger partial charge in [-0.2, -0.15) is 0 Å². The van der Waals surface area contributed by atoms with E-state index in [0.29, 0.717) is 5.69 Å². The van der Waals surface area contributed by atoms with Crippen molar-refractivity contribution in [2.24, 2.45) is 0 Å². The van der Waals surface area contributed by atoms with Crippen LogP contribution in [-0.2, 0) is 10.0 Å². The molecule has 0 unspecified atom stereocenters. The van der Waals surface area contributed by atoms with Gasteiger partial charge in [-0.05, 0) is 31.0 Å². The second-order valence-corrected chi connectivity index (χ2v) is 7.81. The third-order valence-electron chi connectivity index (χ3n) is 3.01. The molecule has 0 atom stereocenters. The van der Waals surface area contributed by atoms with Crippen molar-refractivity contribution < 1.29 is 13.2 Å². The highest BCUT2D eigenvalue weighted by atomic mass is 79.9. The molecule has 0 radical (unpaired) electrons. The molecule has 1 saturated carbocycles. The lowest BCUT2D eigenvalue weighted by molar-refractivity contribution is 0.241. The number of sulfonamides is 1. The number of carbonyl (C=O) groups is 1. The first kappa shape index (κ1) is 16.1. The van der Waals surface area contributed by atoms with E-state index in [1.54, 1.807) is 18.2 Å². The van der Waals surface area contributed by atoms with Crippen LogP contribution in [0.15, 0.2) is 28.7 Å². The Morgan fingerprint density at radius 1 is 1.43 bits per heavy atom. The Balaban J connectivity index is 1.95. The minimum absolute atomic E-state index is 0.188. The van der Waals surface area contributed by atoms with Crippen molar-refractivity contribution in [3.05, 3.63) is 28.7 Å². The second kappa shape index (κ2) is 6.65. The van der Waals surface area contributed by atoms with Crippen molar-refractivity contribution >= 4 is 37.7 Å². The van der Waals surface area contributed by atoms with E-state index in [0.717, 1.165) is 23.6 Å². The summed E-state index contributed by atoms with van der Waals surface area (Å²) in [5.74, 6) is 0. The lowest BCUT2D eigenvalue weighted by atomic mass is 10.3. The van der Waals surface area contributed by atoms with Gasteiger partial charge in [-0.25, -0.2) is 13.2 Å². The van der Waals surface area contributed by atoms with Gasteiger partial charge < -0.3 is 10.6 Å². The maximum atomic E-state index is 11.9. The fraction of sp³-hybridized carbons (Fsp3) is 0.462. The van der Waals surface area contributed by atoms with Gasteiger partial charge in [-0.3, -0.25) is 4.31 Å². The topological polar surface area (TPSA) is 78.5 Å². The van der Waals surface area contributed by atoms with Crippen LogP contribution in [0, 0.1) is 0 Å². The van der Waals surface area contributed by atoms with Crippen LogP contribution in [0.5, 0.6) is 0 Å². The lowest BCUT2D eigenvalue weighted by Crippen LogP contribution is -2.42. The predicted molar refractivity (Wildman–Crippen MR) is 85.9 cm³/mol. The summed E-state index contributed by atoms with van der Waals surface area (Å²) in [6.07, 6.45) is 3.18. The minimum atomic E-state index is -3.40. The average Bonchev–Trinajstić information content (AvgIpc) is 3.17. The molecule has 0 bridgehead atoms. The molecule has 0 heterocycles. The molecule has 6 nitrogen and oxygen atoms in total. The summed E-state index contributed by atoms with van der Waals surface area (Å²) in [6, 6.07) is 7.07. The summed E-state index contributed by atoms with van der Waals surface area (Å²) in [5, 5.41) is 5.46. The van der Waals surface area contributed by atoms with E-state index in [1.165, 1.54) is 4.31 Å². The Kier molecular flexibility index (Phi) is 5.10. The molecule has 1 aromatic rings. The van der Waals surface area contributed by atoms with Crippen LogP contribution in [0.2, 0.25) is 0 Å². The molecule has 8 heteroatoms. The van der Waals surface area contributed by atoms with Gasteiger partial charge in [0.2, 0.25) is 10.0 Å². The van der Waals surface area contributed by atoms with Crippen LogP contribution >= 0.6 is 15.9 Å². The highest BCUT2D eigenvalue weighted by Gasteiger charge is 2.23. The standard InChI is InChI=1S/C13H18BrN3O3S/c1-21(19,20)17(12-4-2-3-10(14)9-12)8-7-15-13(18)16-11-5-6-11/h2-4,9,11H,5-8H2,1H3,(H2,15,16,18). The zero-order valence-corrected chi connectivity index (χ0v) is 14.1. The van der Waals surface area contributed by atoms with Crippen LogP contribution in [0.3, 0.4) is 0 Å². The molecule has 2 amide bonds. The molecular formula is C13H18BrN3O3S. The zero-order chi connectivity index (χ0) is 15.5. The SMILES string of the molecule is CS(=O)(=O)N(CCNC(=O)NC1CC1)c1cccc(Br)c1. The number of nitrogens with zero attached hydrogens (tertiary/aromatic N) is 1. The quantitative estimate of drug-likeness (QED) is 0.793. The number of urea groups is 1. The Hall–Kier alpha value is -1.28. The molecule has 2 rings (SSSR count). The van der Waals surface area contributed by atoms with Gasteiger partial charge in [0, 0.05) is 17.1 Å². The van der Waals surface area contributed by atoms with Crippen molar-refractivity contribution in [1.29, 1.82) is 0 Å². The number of benzene rings is 1. The Morgan fingerprint density at radius 2 is 2.14 bits per heavy atom. The highest BCUT2D eigenvalue weighted by Crippen LogP contribution is 2.21. The van der Waals surface area contributed by atoms with E-state index >= 15 is 0 Å². The first-order valence-electron chi connectivity index (χ1n) is 6.64. The zero-order valence-electron chi connectivity index (χ0n) is 11.7. The summed E-state index contributed by atoms with van der Waals surface area (Å²) in [5.41, 5.74) is 0.566. The monoisotopic (exact) mass is 375 g/mol. The number of halogens is 1. The molecule has 1 fully saturated rings. The molecule has 0 spiro atoms. The normalized spacial score (nSPS) is 14.6. The van der Waals surface area contributed by atoms with E-state index in [-0.39, 0.29) is 25.2 Å². The summed E-state index contributed by atoms with van der Waals surface area (Å²) in [7, 11) is -3.40. The van der Waals surface area contributed by atoms with Crippen molar-refractivity contribution in [2.45, 2.75) is 18.9 Å². The molecule has 2 N–H and O–H groups in total. The third kappa shape index (κ3) is 5.20. The summed E-state index contributed by atoms with van der Waals surface area (Å²) in [6.45, 7) is 0.436. The smallest absolute Gasteiger partial charge is 0.315 e. The number of rotatable bonds is 6. The number of hydrogen-bond acceptors (Lipinski definition) is 3. The van der Waals surface area contributed by atoms with Gasteiger partial charge in [0.25, 0.3) is 0 Å². The lowest BCUT2D eigenvalue weighted by Gasteiger charge is -2.22. The van der Waals surface area contributed by atoms with Gasteiger partial charge >= 0.3 is 6.03 Å². The maximum Gasteiger partial charge on any atom is 0.315 e. The Morgan fingerprint density at radius 3 is 2.71 bits per heavy atom. The summed E-state index contributed by atoms with van der Waals surface area (Å²) in [4.78, 5) is 11.5. The molecule has 0 aromatic heterocycles.